The molecule has 2 aromatic heterocycles. The van der Waals surface area contributed by atoms with Gasteiger partial charge in [0, 0.05) is 18.6 Å². The van der Waals surface area contributed by atoms with Gasteiger partial charge in [-0.15, -0.1) is 11.3 Å². The van der Waals surface area contributed by atoms with Crippen molar-refractivity contribution < 1.29 is 0 Å². The first kappa shape index (κ1) is 6.54. The smallest absolute Gasteiger partial charge is 0.112 e. The normalized spacial score (nSPS) is 10.3. The van der Waals surface area contributed by atoms with Gasteiger partial charge in [0.25, 0.3) is 0 Å². The lowest BCUT2D eigenvalue weighted by atomic mass is 10.3. The highest BCUT2D eigenvalue weighted by molar-refractivity contribution is 7.07. The van der Waals surface area contributed by atoms with Gasteiger partial charge in [-0.05, 0) is 6.07 Å². The second-order valence-corrected chi connectivity index (χ2v) is 2.97. The van der Waals surface area contributed by atoms with Gasteiger partial charge in [0.2, 0.25) is 0 Å². The lowest BCUT2D eigenvalue weighted by molar-refractivity contribution is 0.770. The summed E-state index contributed by atoms with van der Waals surface area (Å²) in [4.78, 5) is 4.14. The molecule has 0 saturated carbocycles. The third-order valence-electron chi connectivity index (χ3n) is 1.41. The van der Waals surface area contributed by atoms with Crippen LogP contribution in [0.2, 0.25) is 0 Å². The molecule has 0 aliphatic heterocycles. The molecule has 11 heavy (non-hydrogen) atoms. The zero-order valence-electron chi connectivity index (χ0n) is 6.06. The van der Waals surface area contributed by atoms with E-state index in [-0.39, 0.29) is 0 Å². The van der Waals surface area contributed by atoms with E-state index in [9.17, 15) is 0 Å². The maximum atomic E-state index is 4.21. The molecule has 0 aliphatic carbocycles. The van der Waals surface area contributed by atoms with E-state index in [2.05, 4.69) is 10.1 Å². The van der Waals surface area contributed by atoms with Crippen LogP contribution >= 0.6 is 11.3 Å². The monoisotopic (exact) mass is 165 g/mol. The standard InChI is InChI=1S/C7H7N3S/c1-10-3-2-6(9-10)7-4-11-5-8-7/h2-5H,1H3. The summed E-state index contributed by atoms with van der Waals surface area (Å²) in [6, 6.07) is 1.95. The lowest BCUT2D eigenvalue weighted by Gasteiger charge is -1.86. The van der Waals surface area contributed by atoms with Crippen molar-refractivity contribution >= 4 is 11.3 Å². The maximum absolute atomic E-state index is 4.21. The van der Waals surface area contributed by atoms with Crippen LogP contribution in [0.25, 0.3) is 11.4 Å². The van der Waals surface area contributed by atoms with Gasteiger partial charge < -0.3 is 0 Å². The van der Waals surface area contributed by atoms with Crippen molar-refractivity contribution in [3.63, 3.8) is 0 Å². The SMILES string of the molecule is Cn1ccc(-c2cscn2)n1. The van der Waals surface area contributed by atoms with Crippen molar-refractivity contribution in [3.05, 3.63) is 23.2 Å². The Hall–Kier alpha value is -1.16. The van der Waals surface area contributed by atoms with Crippen LogP contribution in [0.1, 0.15) is 0 Å². The highest BCUT2D eigenvalue weighted by Crippen LogP contribution is 2.15. The zero-order chi connectivity index (χ0) is 7.68. The average Bonchev–Trinajstić information content (AvgIpc) is 2.55. The summed E-state index contributed by atoms with van der Waals surface area (Å²) in [5.74, 6) is 0. The van der Waals surface area contributed by atoms with Gasteiger partial charge in [-0.1, -0.05) is 0 Å². The highest BCUT2D eigenvalue weighted by atomic mass is 32.1. The number of rotatable bonds is 1. The third kappa shape index (κ3) is 1.17. The van der Waals surface area contributed by atoms with E-state index >= 15 is 0 Å². The van der Waals surface area contributed by atoms with Gasteiger partial charge in [-0.2, -0.15) is 5.10 Å². The lowest BCUT2D eigenvalue weighted by Crippen LogP contribution is -1.87. The van der Waals surface area contributed by atoms with E-state index in [0.717, 1.165) is 11.4 Å². The third-order valence-corrected chi connectivity index (χ3v) is 1.99. The summed E-state index contributed by atoms with van der Waals surface area (Å²) in [6.45, 7) is 0. The molecular formula is C7H7N3S. The molecule has 56 valence electrons. The van der Waals surface area contributed by atoms with Crippen molar-refractivity contribution in [1.82, 2.24) is 14.8 Å². The molecule has 0 spiro atoms. The Balaban J connectivity index is 2.45. The quantitative estimate of drug-likeness (QED) is 0.641. The molecule has 0 atom stereocenters. The molecular weight excluding hydrogens is 158 g/mol. The molecule has 0 aromatic carbocycles. The number of nitrogens with zero attached hydrogens (tertiary/aromatic N) is 3. The molecule has 0 amide bonds. The van der Waals surface area contributed by atoms with Gasteiger partial charge in [0.05, 0.1) is 5.51 Å². The minimum absolute atomic E-state index is 0.939. The second-order valence-electron chi connectivity index (χ2n) is 2.25. The minimum atomic E-state index is 0.939. The number of hydrogen-bond donors (Lipinski definition) is 0. The molecule has 0 bridgehead atoms. The van der Waals surface area contributed by atoms with Crippen molar-refractivity contribution in [1.29, 1.82) is 0 Å². The zero-order valence-corrected chi connectivity index (χ0v) is 6.88. The van der Waals surface area contributed by atoms with Crippen molar-refractivity contribution in [2.24, 2.45) is 7.05 Å². The predicted molar refractivity (Wildman–Crippen MR) is 44.3 cm³/mol. The summed E-state index contributed by atoms with van der Waals surface area (Å²) >= 11 is 1.58. The predicted octanol–water partition coefficient (Wildman–Crippen LogP) is 1.54. The van der Waals surface area contributed by atoms with Crippen LogP contribution in [0.3, 0.4) is 0 Å². The van der Waals surface area contributed by atoms with Gasteiger partial charge >= 0.3 is 0 Å². The number of aryl methyl sites for hydroxylation is 1. The number of thiazole rings is 1. The average molecular weight is 165 g/mol. The minimum Gasteiger partial charge on any atom is -0.275 e. The molecule has 0 unspecified atom stereocenters. The van der Waals surface area contributed by atoms with E-state index in [1.807, 2.05) is 30.2 Å². The first-order chi connectivity index (χ1) is 5.36. The van der Waals surface area contributed by atoms with Gasteiger partial charge in [-0.3, -0.25) is 4.68 Å². The Bertz CT molecular complexity index is 336. The Kier molecular flexibility index (Phi) is 1.47. The second kappa shape index (κ2) is 2.47. The van der Waals surface area contributed by atoms with Gasteiger partial charge in [0.1, 0.15) is 11.4 Å². The van der Waals surface area contributed by atoms with Crippen LogP contribution < -0.4 is 0 Å². The molecule has 2 heterocycles. The van der Waals surface area contributed by atoms with Crippen LogP contribution in [0.4, 0.5) is 0 Å². The summed E-state index contributed by atoms with van der Waals surface area (Å²) in [5.41, 5.74) is 3.70. The molecule has 0 saturated heterocycles. The Labute approximate surface area is 68.3 Å². The Morgan fingerprint density at radius 1 is 1.45 bits per heavy atom. The molecule has 0 N–H and O–H groups in total. The summed E-state index contributed by atoms with van der Waals surface area (Å²) in [6.07, 6.45) is 1.91. The Morgan fingerprint density at radius 2 is 2.36 bits per heavy atom. The summed E-state index contributed by atoms with van der Waals surface area (Å²) in [5, 5.41) is 6.20. The molecule has 3 nitrogen and oxygen atoms in total. The first-order valence-corrected chi connectivity index (χ1v) is 4.19. The largest absolute Gasteiger partial charge is 0.275 e. The van der Waals surface area contributed by atoms with Gasteiger partial charge in [-0.25, -0.2) is 4.98 Å². The van der Waals surface area contributed by atoms with Crippen molar-refractivity contribution in [2.45, 2.75) is 0 Å². The fourth-order valence-electron chi connectivity index (χ4n) is 0.891. The van der Waals surface area contributed by atoms with E-state index in [4.69, 9.17) is 0 Å². The first-order valence-electron chi connectivity index (χ1n) is 3.24. The molecule has 0 radical (unpaired) electrons. The van der Waals surface area contributed by atoms with Crippen molar-refractivity contribution in [3.8, 4) is 11.4 Å². The van der Waals surface area contributed by atoms with Gasteiger partial charge in [0.15, 0.2) is 0 Å². The van der Waals surface area contributed by atoms with Crippen molar-refractivity contribution in [2.75, 3.05) is 0 Å². The molecule has 4 heteroatoms. The molecule has 0 fully saturated rings. The topological polar surface area (TPSA) is 30.7 Å². The maximum Gasteiger partial charge on any atom is 0.112 e. The molecule has 2 rings (SSSR count). The van der Waals surface area contributed by atoms with Crippen LogP contribution in [0.5, 0.6) is 0 Å². The summed E-state index contributed by atoms with van der Waals surface area (Å²) < 4.78 is 1.77. The van der Waals surface area contributed by atoms with E-state index in [0.29, 0.717) is 0 Å². The summed E-state index contributed by atoms with van der Waals surface area (Å²) in [7, 11) is 1.90. The molecule has 2 aromatic rings. The fourth-order valence-corrected chi connectivity index (χ4v) is 1.44. The highest BCUT2D eigenvalue weighted by Gasteiger charge is 2.00. The molecule has 0 aliphatic rings. The number of hydrogen-bond acceptors (Lipinski definition) is 3. The number of aromatic nitrogens is 3. The van der Waals surface area contributed by atoms with Crippen LogP contribution in [-0.2, 0) is 7.05 Å². The van der Waals surface area contributed by atoms with Crippen LogP contribution in [-0.4, -0.2) is 14.8 Å². The van der Waals surface area contributed by atoms with E-state index < -0.39 is 0 Å². The van der Waals surface area contributed by atoms with Crippen LogP contribution in [0.15, 0.2) is 23.2 Å². The fraction of sp³-hybridized carbons (Fsp3) is 0.143. The van der Waals surface area contributed by atoms with Crippen LogP contribution in [0, 0.1) is 0 Å². The van der Waals surface area contributed by atoms with E-state index in [1.54, 1.807) is 16.0 Å². The van der Waals surface area contributed by atoms with E-state index in [1.165, 1.54) is 0 Å². The Morgan fingerprint density at radius 3 is 2.91 bits per heavy atom.